The molecule has 2 aromatic carbocycles. The first-order chi connectivity index (χ1) is 15.2. The molecule has 0 saturated carbocycles. The molecule has 6 nitrogen and oxygen atoms in total. The lowest BCUT2D eigenvalue weighted by molar-refractivity contribution is -0.116. The summed E-state index contributed by atoms with van der Waals surface area (Å²) in [5, 5.41) is 9.97. The van der Waals surface area contributed by atoms with Crippen molar-refractivity contribution < 1.29 is 14.3 Å². The first-order valence-corrected chi connectivity index (χ1v) is 11.2. The Hall–Kier alpha value is -3.15. The lowest BCUT2D eigenvalue weighted by atomic mass is 9.96. The maximum Gasteiger partial charge on any atom is 0.251 e. The summed E-state index contributed by atoms with van der Waals surface area (Å²) in [5.74, 6) is 1.49. The van der Waals surface area contributed by atoms with Gasteiger partial charge in [0.1, 0.15) is 11.5 Å². The molecule has 0 radical (unpaired) electrons. The van der Waals surface area contributed by atoms with Gasteiger partial charge >= 0.3 is 0 Å². The SMILES string of the molecule is CCCCOc1ccc(C2Nc3ccccc3NC3=C2C(=O)NC3)c(OCCCC)c1. The molecule has 2 aliphatic heterocycles. The van der Waals surface area contributed by atoms with Crippen molar-refractivity contribution in [2.75, 3.05) is 30.4 Å². The van der Waals surface area contributed by atoms with Crippen molar-refractivity contribution in [3.05, 3.63) is 59.3 Å². The molecule has 164 valence electrons. The second-order valence-corrected chi connectivity index (χ2v) is 7.93. The first-order valence-electron chi connectivity index (χ1n) is 11.2. The van der Waals surface area contributed by atoms with E-state index in [1.807, 2.05) is 42.5 Å². The molecular formula is C25H31N3O3. The van der Waals surface area contributed by atoms with Gasteiger partial charge in [0, 0.05) is 17.3 Å². The average Bonchev–Trinajstić information content (AvgIpc) is 3.04. The van der Waals surface area contributed by atoms with Gasteiger partial charge in [0.15, 0.2) is 0 Å². The zero-order valence-electron chi connectivity index (χ0n) is 18.3. The minimum atomic E-state index is -0.324. The fourth-order valence-corrected chi connectivity index (χ4v) is 3.88. The quantitative estimate of drug-likeness (QED) is 0.497. The van der Waals surface area contributed by atoms with E-state index in [1.165, 1.54) is 0 Å². The number of rotatable bonds is 9. The summed E-state index contributed by atoms with van der Waals surface area (Å²) in [6.07, 6.45) is 4.12. The molecule has 0 bridgehead atoms. The number of carbonyl (C=O) groups excluding carboxylic acids is 1. The summed E-state index contributed by atoms with van der Waals surface area (Å²) in [6.45, 7) is 6.09. The van der Waals surface area contributed by atoms with Crippen LogP contribution in [-0.4, -0.2) is 25.7 Å². The molecule has 1 unspecified atom stereocenters. The maximum atomic E-state index is 12.8. The second-order valence-electron chi connectivity index (χ2n) is 7.93. The number of ether oxygens (including phenoxy) is 2. The average molecular weight is 422 g/mol. The predicted molar refractivity (Wildman–Crippen MR) is 124 cm³/mol. The van der Waals surface area contributed by atoms with Crippen molar-refractivity contribution in [3.63, 3.8) is 0 Å². The molecule has 3 N–H and O–H groups in total. The zero-order chi connectivity index (χ0) is 21.6. The van der Waals surface area contributed by atoms with Crippen molar-refractivity contribution in [2.45, 2.75) is 45.6 Å². The van der Waals surface area contributed by atoms with Crippen LogP contribution in [0.3, 0.4) is 0 Å². The smallest absolute Gasteiger partial charge is 0.251 e. The monoisotopic (exact) mass is 421 g/mol. The van der Waals surface area contributed by atoms with Gasteiger partial charge in [-0.2, -0.15) is 0 Å². The summed E-state index contributed by atoms with van der Waals surface area (Å²) in [4.78, 5) is 12.8. The zero-order valence-corrected chi connectivity index (χ0v) is 18.3. The largest absolute Gasteiger partial charge is 0.493 e. The van der Waals surface area contributed by atoms with E-state index in [1.54, 1.807) is 0 Å². The van der Waals surface area contributed by atoms with Gasteiger partial charge < -0.3 is 25.4 Å². The number of amides is 1. The van der Waals surface area contributed by atoms with Crippen molar-refractivity contribution in [1.29, 1.82) is 0 Å². The van der Waals surface area contributed by atoms with Crippen molar-refractivity contribution in [1.82, 2.24) is 5.32 Å². The number of unbranched alkanes of at least 4 members (excludes halogenated alkanes) is 2. The van der Waals surface area contributed by atoms with Crippen LogP contribution in [0.4, 0.5) is 11.4 Å². The fraction of sp³-hybridized carbons (Fsp3) is 0.400. The van der Waals surface area contributed by atoms with Gasteiger partial charge in [-0.05, 0) is 37.1 Å². The van der Waals surface area contributed by atoms with E-state index in [0.29, 0.717) is 25.3 Å². The second kappa shape index (κ2) is 9.77. The van der Waals surface area contributed by atoms with Crippen LogP contribution in [0, 0.1) is 0 Å². The van der Waals surface area contributed by atoms with Crippen LogP contribution in [0.15, 0.2) is 53.7 Å². The molecule has 2 aliphatic rings. The Morgan fingerprint density at radius 2 is 1.71 bits per heavy atom. The predicted octanol–water partition coefficient (Wildman–Crippen LogP) is 5.01. The Kier molecular flexibility index (Phi) is 6.65. The maximum absolute atomic E-state index is 12.8. The van der Waals surface area contributed by atoms with Crippen molar-refractivity contribution in [2.24, 2.45) is 0 Å². The number of carbonyl (C=O) groups is 1. The van der Waals surface area contributed by atoms with Crippen LogP contribution in [-0.2, 0) is 4.79 Å². The van der Waals surface area contributed by atoms with Crippen molar-refractivity contribution in [3.8, 4) is 11.5 Å². The molecule has 0 aromatic heterocycles. The Morgan fingerprint density at radius 1 is 0.968 bits per heavy atom. The molecule has 0 aliphatic carbocycles. The summed E-state index contributed by atoms with van der Waals surface area (Å²) < 4.78 is 12.1. The number of fused-ring (bicyclic) bond motifs is 1. The highest BCUT2D eigenvalue weighted by atomic mass is 16.5. The Labute approximate surface area is 184 Å². The Balaban J connectivity index is 1.72. The Bertz CT molecular complexity index is 970. The van der Waals surface area contributed by atoms with E-state index in [-0.39, 0.29) is 11.9 Å². The summed E-state index contributed by atoms with van der Waals surface area (Å²) in [7, 11) is 0. The van der Waals surface area contributed by atoms with E-state index >= 15 is 0 Å². The molecule has 1 atom stereocenters. The highest BCUT2D eigenvalue weighted by Gasteiger charge is 2.35. The third-order valence-electron chi connectivity index (χ3n) is 5.61. The van der Waals surface area contributed by atoms with E-state index < -0.39 is 0 Å². The van der Waals surface area contributed by atoms with Crippen LogP contribution in [0.2, 0.25) is 0 Å². The molecule has 2 aromatic rings. The van der Waals surface area contributed by atoms with Gasteiger partial charge in [0.25, 0.3) is 5.91 Å². The van der Waals surface area contributed by atoms with E-state index in [9.17, 15) is 4.79 Å². The van der Waals surface area contributed by atoms with Gasteiger partial charge in [0.05, 0.1) is 42.7 Å². The van der Waals surface area contributed by atoms with Crippen LogP contribution < -0.4 is 25.4 Å². The molecule has 1 amide bonds. The highest BCUT2D eigenvalue weighted by Crippen LogP contribution is 2.41. The van der Waals surface area contributed by atoms with Crippen molar-refractivity contribution >= 4 is 17.3 Å². The minimum Gasteiger partial charge on any atom is -0.493 e. The summed E-state index contributed by atoms with van der Waals surface area (Å²) in [6, 6.07) is 13.6. The highest BCUT2D eigenvalue weighted by molar-refractivity contribution is 6.01. The summed E-state index contributed by atoms with van der Waals surface area (Å²) in [5.41, 5.74) is 4.45. The van der Waals surface area contributed by atoms with Crippen LogP contribution >= 0.6 is 0 Å². The standard InChI is InChI=1S/C25H31N3O3/c1-3-5-13-30-17-11-12-18(22(15-17)31-14-6-4-2)24-23-21(16-26-25(23)29)27-19-9-7-8-10-20(19)28-24/h7-12,15,24,27-28H,3-6,13-14,16H2,1-2H3,(H,26,29). The normalized spacial score (nSPS) is 17.1. The molecule has 2 heterocycles. The Morgan fingerprint density at radius 3 is 2.48 bits per heavy atom. The third kappa shape index (κ3) is 4.63. The molecule has 0 saturated heterocycles. The number of benzene rings is 2. The number of anilines is 2. The topological polar surface area (TPSA) is 71.6 Å². The van der Waals surface area contributed by atoms with E-state index in [0.717, 1.165) is 59.8 Å². The van der Waals surface area contributed by atoms with Gasteiger partial charge in [-0.15, -0.1) is 0 Å². The minimum absolute atomic E-state index is 0.0596. The van der Waals surface area contributed by atoms with E-state index in [4.69, 9.17) is 9.47 Å². The van der Waals surface area contributed by atoms with Gasteiger partial charge in [-0.3, -0.25) is 4.79 Å². The van der Waals surface area contributed by atoms with Crippen LogP contribution in [0.25, 0.3) is 0 Å². The molecule has 0 spiro atoms. The lowest BCUT2D eigenvalue weighted by Crippen LogP contribution is -2.24. The van der Waals surface area contributed by atoms with Crippen LogP contribution in [0.5, 0.6) is 11.5 Å². The third-order valence-corrected chi connectivity index (χ3v) is 5.61. The number of hydrogen-bond acceptors (Lipinski definition) is 5. The molecule has 31 heavy (non-hydrogen) atoms. The van der Waals surface area contributed by atoms with Gasteiger partial charge in [0.2, 0.25) is 0 Å². The number of nitrogens with one attached hydrogen (secondary N) is 3. The molecule has 6 heteroatoms. The molecule has 4 rings (SSSR count). The molecular weight excluding hydrogens is 390 g/mol. The summed E-state index contributed by atoms with van der Waals surface area (Å²) >= 11 is 0. The fourth-order valence-electron chi connectivity index (χ4n) is 3.88. The lowest BCUT2D eigenvalue weighted by Gasteiger charge is -2.23. The van der Waals surface area contributed by atoms with Crippen LogP contribution in [0.1, 0.15) is 51.1 Å². The first kappa shape index (κ1) is 21.1. The van der Waals surface area contributed by atoms with Gasteiger partial charge in [-0.1, -0.05) is 38.8 Å². The number of hydrogen-bond donors (Lipinski definition) is 3. The molecule has 0 fully saturated rings. The number of para-hydroxylation sites is 2. The van der Waals surface area contributed by atoms with E-state index in [2.05, 4.69) is 29.8 Å². The van der Waals surface area contributed by atoms with Gasteiger partial charge in [-0.25, -0.2) is 0 Å².